The average Bonchev–Trinajstić information content (AvgIpc) is 1.71. The number of nitrogens with two attached hydrogens (primary N) is 1. The molecule has 1 saturated heterocycles. The topological polar surface area (TPSA) is 386 Å². The van der Waals surface area contributed by atoms with Gasteiger partial charge in [-0.1, -0.05) is 36.4 Å². The molecule has 2 aliphatic rings. The van der Waals surface area contributed by atoms with E-state index in [1.807, 2.05) is 24.3 Å². The second-order valence-corrected chi connectivity index (χ2v) is 26.4. The van der Waals surface area contributed by atoms with Gasteiger partial charge in [0.25, 0.3) is 5.91 Å². The van der Waals surface area contributed by atoms with Crippen LogP contribution in [-0.2, 0) is 86.9 Å². The monoisotopic (exact) mass is 1370 g/mol. The maximum Gasteiger partial charge on any atom is 0.304 e. The van der Waals surface area contributed by atoms with E-state index in [9.17, 15) is 47.8 Å². The molecule has 10 rings (SSSR count). The molecule has 2 aliphatic heterocycles. The minimum atomic E-state index is -1.77. The lowest BCUT2D eigenvalue weighted by Crippen LogP contribution is -2.63. The fraction of sp³-hybridized carbons (Fsp3) is 0.338. The number of imidazole rings is 1. The van der Waals surface area contributed by atoms with Crippen LogP contribution in [0.25, 0.3) is 21.8 Å². The molecule has 25 nitrogen and oxygen atoms in total. The van der Waals surface area contributed by atoms with E-state index in [1.54, 1.807) is 0 Å². The van der Waals surface area contributed by atoms with E-state index in [0.717, 1.165) is 11.1 Å². The summed E-state index contributed by atoms with van der Waals surface area (Å²) in [5.41, 5.74) is 8.52. The molecule has 97 heavy (non-hydrogen) atoms. The van der Waals surface area contributed by atoms with Crippen molar-refractivity contribution < 1.29 is 71.4 Å². The normalized spacial score (nSPS) is 22.2. The van der Waals surface area contributed by atoms with E-state index in [4.69, 9.17) is 10.2 Å². The smallest absolute Gasteiger partial charge is 0.304 e. The third-order valence-electron chi connectivity index (χ3n) is 17.2. The number of aromatic nitrogens is 4. The first kappa shape index (κ1) is 69.5. The van der Waals surface area contributed by atoms with Gasteiger partial charge in [-0.3, -0.25) is 47.9 Å². The number of phenolic OH excluding ortho intramolecular Hbond substituents is 1. The quantitative estimate of drug-likeness (QED) is 0.0805. The van der Waals surface area contributed by atoms with Gasteiger partial charge in [0.05, 0.1) is 31.3 Å². The van der Waals surface area contributed by atoms with Gasteiger partial charge in [0.2, 0.25) is 41.4 Å². The second-order valence-electron chi connectivity index (χ2n) is 24.2. The zero-order chi connectivity index (χ0) is 68.9. The highest BCUT2D eigenvalue weighted by Gasteiger charge is 2.48. The average molecular weight is 1370 g/mol. The number of amides is 8. The molecular weight excluding hydrogens is 1290 g/mol. The van der Waals surface area contributed by atoms with Crippen LogP contribution in [-0.4, -0.2) is 148 Å². The van der Waals surface area contributed by atoms with Gasteiger partial charge in [0, 0.05) is 114 Å². The van der Waals surface area contributed by atoms with Gasteiger partial charge in [-0.2, -0.15) is 23.5 Å². The lowest BCUT2D eigenvalue weighted by molar-refractivity contribution is -0.147. The van der Waals surface area contributed by atoms with E-state index in [-0.39, 0.29) is 74.1 Å². The number of fused-ring (bicyclic) bond motifs is 7. The van der Waals surface area contributed by atoms with Crippen LogP contribution < -0.4 is 37.6 Å². The number of benzene rings is 4. The Bertz CT molecular complexity index is 4240. The molecule has 29 heteroatoms. The van der Waals surface area contributed by atoms with E-state index in [0.29, 0.717) is 67.9 Å². The van der Waals surface area contributed by atoms with E-state index >= 15 is 19.2 Å². The Balaban J connectivity index is 0.984. The first-order valence-electron chi connectivity index (χ1n) is 31.3. The standard InChI is InChI=1S/C68H72F2N12O13S2/c1-68-17-3-18-82(68)66(93)55(21-37-6-10-46(83)11-7-37)80-64(91)54(28-45-31-72-36-76-45)78-62(89)40(25-60(86)87)24-57(84)52(22-41-29-73-50-13-8-43(69)26-48(41)50)77-63(90)53(23-42-30-74-51-14-9-44(70)27-49(42)51)79-65(92)58-15-12-47(95-58)32-75-59(85)16-19-96-33-38-4-2-5-39(20-38)34-97-35-56(61(71)88)81-67(68)94/h2,4-15,20,26-27,29-31,36,40,52-56,73-74,83H,3,16-19,21-25,28,32-35H2,1H3,(H2,71,88)(H,72,76)(H,75,85)(H,77,90)(H,78,89)(H,79,92)(H,80,91)(H,81,94)(H,86,87)/t40-,52-,53-,54-,55-,56-,68-/m0/s1. The minimum absolute atomic E-state index is 0.0344. The van der Waals surface area contributed by atoms with Gasteiger partial charge >= 0.3 is 5.97 Å². The van der Waals surface area contributed by atoms with E-state index < -0.39 is 126 Å². The number of H-pyrrole nitrogens is 3. The first-order chi connectivity index (χ1) is 46.5. The fourth-order valence-electron chi connectivity index (χ4n) is 11.9. The van der Waals surface area contributed by atoms with E-state index in [1.165, 1.54) is 133 Å². The molecule has 0 saturated carbocycles. The van der Waals surface area contributed by atoms with Crippen molar-refractivity contribution in [2.75, 3.05) is 18.1 Å². The van der Waals surface area contributed by atoms with Crippen molar-refractivity contribution in [1.82, 2.24) is 56.7 Å². The molecule has 1 fully saturated rings. The molecule has 0 unspecified atom stereocenters. The zero-order valence-corrected chi connectivity index (χ0v) is 54.2. The summed E-state index contributed by atoms with van der Waals surface area (Å²) in [5, 5.41) is 37.5. The van der Waals surface area contributed by atoms with Gasteiger partial charge in [-0.25, -0.2) is 13.8 Å². The molecule has 13 N–H and O–H groups in total. The van der Waals surface area contributed by atoms with Crippen LogP contribution >= 0.6 is 23.5 Å². The number of rotatable bonds is 11. The number of furan rings is 1. The van der Waals surface area contributed by atoms with Crippen LogP contribution in [0.15, 0.2) is 126 Å². The molecule has 4 aromatic heterocycles. The third kappa shape index (κ3) is 18.0. The number of ketones is 1. The van der Waals surface area contributed by atoms with Gasteiger partial charge in [-0.05, 0) is 108 Å². The number of carbonyl (C=O) groups is 10. The lowest BCUT2D eigenvalue weighted by atomic mass is 9.91. The number of carbonyl (C=O) groups excluding carboxylic acids is 9. The molecule has 508 valence electrons. The predicted molar refractivity (Wildman–Crippen MR) is 355 cm³/mol. The SMILES string of the molecule is C[C@@]12CCCN1C(=O)[C@H](Cc1ccc(O)cc1)NC(=O)[C@H](Cc1cnc[nH]1)NC(=O)[C@H](CC(=O)O)CC(=O)[C@H](Cc1c[nH]c3ccc(F)cc13)NC(=O)[C@H](Cc1c[nH]c3ccc(F)cc13)NC(=O)c1ccc(o1)CNC(=O)CCSCc1cccc(c1)CSC[C@@H](C(N)=O)NC2=O. The number of carboxylic acids is 1. The van der Waals surface area contributed by atoms with Crippen LogP contribution in [0.5, 0.6) is 5.75 Å². The third-order valence-corrected chi connectivity index (χ3v) is 19.3. The number of hydrogen-bond donors (Lipinski definition) is 12. The van der Waals surface area contributed by atoms with Crippen molar-refractivity contribution in [3.63, 3.8) is 0 Å². The van der Waals surface area contributed by atoms with Gasteiger partial charge < -0.3 is 72.1 Å². The fourth-order valence-corrected chi connectivity index (χ4v) is 13.8. The summed E-state index contributed by atoms with van der Waals surface area (Å²) in [5.74, 6) is -10.7. The second kappa shape index (κ2) is 31.5. The van der Waals surface area contributed by atoms with E-state index in [2.05, 4.69) is 51.8 Å². The lowest BCUT2D eigenvalue weighted by Gasteiger charge is -2.37. The van der Waals surface area contributed by atoms with Gasteiger partial charge in [0.15, 0.2) is 11.5 Å². The summed E-state index contributed by atoms with van der Waals surface area (Å²) in [6, 6.07) is 16.6. The first-order valence-corrected chi connectivity index (χ1v) is 33.6. The number of phenols is 1. The van der Waals surface area contributed by atoms with Crippen LogP contribution in [0.4, 0.5) is 8.78 Å². The van der Waals surface area contributed by atoms with Crippen LogP contribution in [0.3, 0.4) is 0 Å². The van der Waals surface area contributed by atoms with Crippen molar-refractivity contribution in [2.45, 2.75) is 119 Å². The largest absolute Gasteiger partial charge is 0.508 e. The predicted octanol–water partition coefficient (Wildman–Crippen LogP) is 5.06. The number of Topliss-reactive ketones (excluding diaryl/α,β-unsaturated/α-hetero) is 1. The molecule has 0 radical (unpaired) electrons. The Hall–Kier alpha value is -10.3. The molecule has 0 aliphatic carbocycles. The molecule has 7 atom stereocenters. The van der Waals surface area contributed by atoms with Crippen molar-refractivity contribution in [1.29, 1.82) is 0 Å². The van der Waals surface area contributed by atoms with Crippen molar-refractivity contribution in [3.8, 4) is 5.75 Å². The number of primary amides is 1. The van der Waals surface area contributed by atoms with Gasteiger partial charge in [-0.15, -0.1) is 0 Å². The maximum absolute atomic E-state index is 15.2. The Morgan fingerprint density at radius 3 is 2.01 bits per heavy atom. The summed E-state index contributed by atoms with van der Waals surface area (Å²) in [7, 11) is 0. The molecule has 6 heterocycles. The molecule has 0 spiro atoms. The number of carboxylic acid groups (broad SMARTS) is 1. The summed E-state index contributed by atoms with van der Waals surface area (Å²) in [6.07, 6.45) is 3.09. The van der Waals surface area contributed by atoms with Crippen molar-refractivity contribution >= 4 is 104 Å². The number of aliphatic carboxylic acids is 1. The Labute approximate surface area is 562 Å². The van der Waals surface area contributed by atoms with Gasteiger partial charge in [0.1, 0.15) is 52.9 Å². The molecule has 8 aromatic rings. The number of hydrogen-bond acceptors (Lipinski definition) is 15. The Kier molecular flexibility index (Phi) is 22.6. The van der Waals surface area contributed by atoms with Crippen LogP contribution in [0, 0.1) is 17.6 Å². The number of thioether (sulfide) groups is 2. The number of aromatic amines is 3. The number of halogens is 2. The van der Waals surface area contributed by atoms with Crippen molar-refractivity contribution in [3.05, 3.63) is 179 Å². The maximum atomic E-state index is 15.2. The summed E-state index contributed by atoms with van der Waals surface area (Å²) in [6.45, 7) is 1.46. The number of nitrogens with one attached hydrogen (secondary N) is 9. The number of nitrogens with zero attached hydrogens (tertiary/aromatic N) is 2. The number of aromatic hydroxyl groups is 1. The highest BCUT2D eigenvalue weighted by atomic mass is 32.2. The Morgan fingerprint density at radius 2 is 1.36 bits per heavy atom. The highest BCUT2D eigenvalue weighted by molar-refractivity contribution is 7.98. The Morgan fingerprint density at radius 1 is 0.722 bits per heavy atom. The zero-order valence-electron chi connectivity index (χ0n) is 52.5. The minimum Gasteiger partial charge on any atom is -0.508 e. The molecule has 4 bridgehead atoms. The molecular formula is C68H72F2N12O13S2. The van der Waals surface area contributed by atoms with Crippen molar-refractivity contribution in [2.24, 2.45) is 11.7 Å². The summed E-state index contributed by atoms with van der Waals surface area (Å²) >= 11 is 2.86. The summed E-state index contributed by atoms with van der Waals surface area (Å²) in [4.78, 5) is 157. The summed E-state index contributed by atoms with van der Waals surface area (Å²) < 4.78 is 35.6. The molecule has 4 aromatic carbocycles. The molecule has 8 amide bonds. The highest BCUT2D eigenvalue weighted by Crippen LogP contribution is 2.32. The van der Waals surface area contributed by atoms with Crippen LogP contribution in [0.2, 0.25) is 0 Å². The van der Waals surface area contributed by atoms with Crippen LogP contribution in [0.1, 0.15) is 88.9 Å².